The van der Waals surface area contributed by atoms with E-state index in [1.54, 1.807) is 0 Å². The SMILES string of the molecule is NCc1ccc(C2=c3ccc([nH]3)=C(c3ccccc3)c3ccc([nH]3)C(c3ccccc3)=c3ccc([nH]3)=C(c3ccccc3)c3ccc2[nH]3)cc1. The van der Waals surface area contributed by atoms with Gasteiger partial charge in [-0.1, -0.05) is 115 Å². The van der Waals surface area contributed by atoms with Gasteiger partial charge in [-0.25, -0.2) is 0 Å². The predicted molar refractivity (Wildman–Crippen MR) is 202 cm³/mol. The Hall–Kier alpha value is -6.56. The Morgan fingerprint density at radius 2 is 0.600 bits per heavy atom. The normalized spacial score (nSPS) is 12.8. The van der Waals surface area contributed by atoms with Gasteiger partial charge in [0.05, 0.1) is 0 Å². The second kappa shape index (κ2) is 12.5. The smallest absolute Gasteiger partial charge is 0.0485 e. The third kappa shape index (κ3) is 5.27. The van der Waals surface area contributed by atoms with E-state index in [1.807, 2.05) is 0 Å². The van der Waals surface area contributed by atoms with Gasteiger partial charge in [-0.3, -0.25) is 0 Å². The second-order valence-electron chi connectivity index (χ2n) is 12.6. The summed E-state index contributed by atoms with van der Waals surface area (Å²) in [5, 5.41) is 4.10. The zero-order chi connectivity index (χ0) is 33.4. The van der Waals surface area contributed by atoms with Crippen molar-refractivity contribution in [2.75, 3.05) is 0 Å². The lowest BCUT2D eigenvalue weighted by Gasteiger charge is -2.10. The standard InChI is InChI=1S/C45H35N5/c46-28-29-16-18-33(19-17-29)45-40-26-24-38(49-40)43(31-12-6-2-7-13-31)36-22-20-34(47-36)42(30-10-4-1-5-11-30)35-21-23-37(48-35)44(32-14-8-3-9-15-32)39-25-27-41(45)50-39/h1-27,47-50H,28,46H2. The van der Waals surface area contributed by atoms with Crippen molar-refractivity contribution < 1.29 is 0 Å². The fraction of sp³-hybridized carbons (Fsp3) is 0.0222. The summed E-state index contributed by atoms with van der Waals surface area (Å²) in [7, 11) is 0. The molecule has 4 aromatic carbocycles. The van der Waals surface area contributed by atoms with Crippen molar-refractivity contribution in [2.24, 2.45) is 5.73 Å². The van der Waals surface area contributed by atoms with Gasteiger partial charge in [0.25, 0.3) is 0 Å². The molecule has 5 heterocycles. The molecule has 0 amide bonds. The Kier molecular flexibility index (Phi) is 7.38. The van der Waals surface area contributed by atoms with Crippen molar-refractivity contribution in [3.05, 3.63) is 236 Å². The van der Waals surface area contributed by atoms with Crippen LogP contribution < -0.4 is 27.1 Å². The maximum Gasteiger partial charge on any atom is 0.0485 e. The molecule has 0 radical (unpaired) electrons. The molecule has 0 fully saturated rings. The van der Waals surface area contributed by atoms with Gasteiger partial charge in [0, 0.05) is 73.0 Å². The highest BCUT2D eigenvalue weighted by molar-refractivity contribution is 5.84. The van der Waals surface area contributed by atoms with Gasteiger partial charge in [-0.2, -0.15) is 0 Å². The third-order valence-electron chi connectivity index (χ3n) is 9.56. The van der Waals surface area contributed by atoms with Gasteiger partial charge in [-0.05, 0) is 76.3 Å². The van der Waals surface area contributed by atoms with E-state index >= 15 is 0 Å². The summed E-state index contributed by atoms with van der Waals surface area (Å²) in [6.07, 6.45) is 0. The molecule has 1 aliphatic heterocycles. The molecular formula is C45H35N5. The maximum atomic E-state index is 6.00. The van der Waals surface area contributed by atoms with E-state index in [0.717, 1.165) is 94.3 Å². The van der Waals surface area contributed by atoms with Crippen LogP contribution in [-0.2, 0) is 6.54 Å². The first kappa shape index (κ1) is 29.6. The second-order valence-corrected chi connectivity index (χ2v) is 12.6. The van der Waals surface area contributed by atoms with Crippen molar-refractivity contribution >= 4 is 22.3 Å². The molecule has 6 N–H and O–H groups in total. The largest absolute Gasteiger partial charge is 0.354 e. The molecule has 1 aliphatic rings. The molecule has 0 aliphatic carbocycles. The highest BCUT2D eigenvalue weighted by Gasteiger charge is 2.18. The molecule has 0 saturated heterocycles. The quantitative estimate of drug-likeness (QED) is 0.162. The zero-order valence-electron chi connectivity index (χ0n) is 27.4. The molecule has 240 valence electrons. The fourth-order valence-corrected chi connectivity index (χ4v) is 7.19. The van der Waals surface area contributed by atoms with E-state index < -0.39 is 0 Å². The van der Waals surface area contributed by atoms with Crippen LogP contribution in [0.3, 0.4) is 0 Å². The van der Waals surface area contributed by atoms with E-state index in [-0.39, 0.29) is 0 Å². The molecule has 9 rings (SSSR count). The third-order valence-corrected chi connectivity index (χ3v) is 9.56. The van der Waals surface area contributed by atoms with Crippen molar-refractivity contribution in [3.8, 4) is 0 Å². The topological polar surface area (TPSA) is 89.2 Å². The number of fused-ring (bicyclic) bond motifs is 8. The van der Waals surface area contributed by atoms with Crippen molar-refractivity contribution in [3.63, 3.8) is 0 Å². The lowest BCUT2D eigenvalue weighted by atomic mass is 10.0. The molecule has 0 spiro atoms. The lowest BCUT2D eigenvalue weighted by molar-refractivity contribution is 1.07. The molecular weight excluding hydrogens is 611 g/mol. The summed E-state index contributed by atoms with van der Waals surface area (Å²) in [5.74, 6) is 0. The summed E-state index contributed by atoms with van der Waals surface area (Å²) >= 11 is 0. The molecule has 50 heavy (non-hydrogen) atoms. The molecule has 4 aromatic heterocycles. The summed E-state index contributed by atoms with van der Waals surface area (Å²) < 4.78 is 0. The van der Waals surface area contributed by atoms with E-state index in [4.69, 9.17) is 5.73 Å². The summed E-state index contributed by atoms with van der Waals surface area (Å²) in [4.78, 5) is 15.4. The Morgan fingerprint density at radius 3 is 0.900 bits per heavy atom. The van der Waals surface area contributed by atoms with Crippen LogP contribution >= 0.6 is 0 Å². The monoisotopic (exact) mass is 645 g/mol. The van der Waals surface area contributed by atoms with Gasteiger partial charge in [0.15, 0.2) is 0 Å². The Bertz CT molecular complexity index is 2700. The van der Waals surface area contributed by atoms with Gasteiger partial charge in [-0.15, -0.1) is 0 Å². The summed E-state index contributed by atoms with van der Waals surface area (Å²) in [6, 6.07) is 57.8. The van der Waals surface area contributed by atoms with Crippen molar-refractivity contribution in [1.82, 2.24) is 19.9 Å². The van der Waals surface area contributed by atoms with Crippen LogP contribution in [0.5, 0.6) is 0 Å². The predicted octanol–water partition coefficient (Wildman–Crippen LogP) is 5.76. The molecule has 0 saturated carbocycles. The fourth-order valence-electron chi connectivity index (χ4n) is 7.19. The number of hydrogen-bond donors (Lipinski definition) is 5. The van der Waals surface area contributed by atoms with Gasteiger partial charge < -0.3 is 25.7 Å². The molecule has 0 unspecified atom stereocenters. The first-order valence-electron chi connectivity index (χ1n) is 17.0. The molecule has 5 nitrogen and oxygen atoms in total. The number of rotatable bonds is 5. The first-order chi connectivity index (χ1) is 24.7. The highest BCUT2D eigenvalue weighted by atomic mass is 14.8. The number of nitrogens with two attached hydrogens (primary N) is 1. The van der Waals surface area contributed by atoms with Crippen LogP contribution in [0.25, 0.3) is 22.3 Å². The summed E-state index contributed by atoms with van der Waals surface area (Å²) in [6.45, 7) is 0.499. The molecule has 0 atom stereocenters. The van der Waals surface area contributed by atoms with E-state index in [1.165, 1.54) is 0 Å². The van der Waals surface area contributed by atoms with Crippen LogP contribution in [0.2, 0.25) is 0 Å². The van der Waals surface area contributed by atoms with Gasteiger partial charge in [0.1, 0.15) is 0 Å². The number of nitrogens with one attached hydrogen (secondary N) is 4. The minimum Gasteiger partial charge on any atom is -0.354 e. The van der Waals surface area contributed by atoms with Crippen molar-refractivity contribution in [1.29, 1.82) is 0 Å². The zero-order valence-corrected chi connectivity index (χ0v) is 27.4. The Balaban J connectivity index is 1.43. The average molecular weight is 646 g/mol. The van der Waals surface area contributed by atoms with Crippen LogP contribution in [0, 0.1) is 0 Å². The minimum atomic E-state index is 0.499. The van der Waals surface area contributed by atoms with Crippen LogP contribution in [0.1, 0.15) is 50.6 Å². The van der Waals surface area contributed by atoms with Crippen LogP contribution in [-0.4, -0.2) is 19.9 Å². The first-order valence-corrected chi connectivity index (χ1v) is 17.0. The van der Waals surface area contributed by atoms with Crippen molar-refractivity contribution in [2.45, 2.75) is 6.54 Å². The van der Waals surface area contributed by atoms with E-state index in [9.17, 15) is 0 Å². The van der Waals surface area contributed by atoms with Gasteiger partial charge >= 0.3 is 0 Å². The van der Waals surface area contributed by atoms with Gasteiger partial charge in [0.2, 0.25) is 0 Å². The number of hydrogen-bond acceptors (Lipinski definition) is 1. The van der Waals surface area contributed by atoms with E-state index in [0.29, 0.717) is 6.54 Å². The Morgan fingerprint density at radius 1 is 0.300 bits per heavy atom. The molecule has 5 heteroatoms. The molecule has 8 bridgehead atoms. The van der Waals surface area contributed by atoms with Crippen LogP contribution in [0.15, 0.2) is 164 Å². The number of H-pyrrole nitrogens is 4. The van der Waals surface area contributed by atoms with E-state index in [2.05, 4.69) is 184 Å². The number of aromatic amines is 4. The maximum absolute atomic E-state index is 6.00. The number of aromatic nitrogens is 4. The minimum absolute atomic E-state index is 0.499. The average Bonchev–Trinajstić information content (AvgIpc) is 4.01. The number of benzene rings is 4. The summed E-state index contributed by atoms with van der Waals surface area (Å²) in [5.41, 5.74) is 20.0. The lowest BCUT2D eigenvalue weighted by Crippen LogP contribution is -2.19. The highest BCUT2D eigenvalue weighted by Crippen LogP contribution is 2.28. The molecule has 8 aromatic rings. The van der Waals surface area contributed by atoms with Crippen LogP contribution in [0.4, 0.5) is 0 Å². The Labute approximate surface area is 289 Å².